The van der Waals surface area contributed by atoms with Crippen LogP contribution in [0.25, 0.3) is 0 Å². The number of sulfonamides is 1. The van der Waals surface area contributed by atoms with E-state index in [0.717, 1.165) is 6.07 Å². The third-order valence-electron chi connectivity index (χ3n) is 3.49. The molecule has 0 unspecified atom stereocenters. The summed E-state index contributed by atoms with van der Waals surface area (Å²) in [5, 5.41) is 8.71. The van der Waals surface area contributed by atoms with Crippen molar-refractivity contribution in [3.63, 3.8) is 0 Å². The van der Waals surface area contributed by atoms with Crippen LogP contribution in [0, 0.1) is 11.3 Å². The Morgan fingerprint density at radius 3 is 2.46 bits per heavy atom. The van der Waals surface area contributed by atoms with Crippen LogP contribution in [-0.4, -0.2) is 33.0 Å². The number of nitrogens with zero attached hydrogens (tertiary/aromatic N) is 2. The normalized spacial score (nSPS) is 11.2. The Morgan fingerprint density at radius 1 is 1.23 bits per heavy atom. The molecule has 26 heavy (non-hydrogen) atoms. The Kier molecular flexibility index (Phi) is 6.34. The van der Waals surface area contributed by atoms with Gasteiger partial charge in [0.2, 0.25) is 0 Å². The van der Waals surface area contributed by atoms with Crippen LogP contribution >= 0.6 is 11.6 Å². The lowest BCUT2D eigenvalue weighted by Gasteiger charge is -2.15. The average Bonchev–Trinajstić information content (AvgIpc) is 2.65. The van der Waals surface area contributed by atoms with Crippen molar-refractivity contribution in [1.29, 1.82) is 5.26 Å². The van der Waals surface area contributed by atoms with Crippen LogP contribution in [0.15, 0.2) is 47.4 Å². The van der Waals surface area contributed by atoms with Gasteiger partial charge in [0.25, 0.3) is 10.0 Å². The Bertz CT molecular complexity index is 952. The van der Waals surface area contributed by atoms with Crippen LogP contribution in [0.4, 0.5) is 0 Å². The topological polar surface area (TPSA) is 96.7 Å². The Hall–Kier alpha value is -2.44. The van der Waals surface area contributed by atoms with Crippen molar-refractivity contribution in [3.8, 4) is 6.07 Å². The highest BCUT2D eigenvalue weighted by molar-refractivity contribution is 7.89. The molecule has 136 valence electrons. The second-order valence-corrected chi connectivity index (χ2v) is 7.44. The molecule has 0 aliphatic rings. The number of esters is 1. The first-order valence-electron chi connectivity index (χ1n) is 7.28. The first-order chi connectivity index (χ1) is 12.3. The van der Waals surface area contributed by atoms with Gasteiger partial charge in [0.05, 0.1) is 29.3 Å². The molecule has 2 aromatic carbocycles. The standard InChI is InChI=1S/C17H15ClN2O5S/c1-20(24-2)26(22,23)16-9-14(7-8-15(16)18)17(21)25-11-13-5-3-12(10-19)4-6-13/h3-9H,11H2,1-2H3. The molecule has 0 fully saturated rings. The molecule has 0 bridgehead atoms. The molecule has 0 heterocycles. The van der Waals surface area contributed by atoms with E-state index in [2.05, 4.69) is 0 Å². The van der Waals surface area contributed by atoms with Crippen LogP contribution in [0.3, 0.4) is 0 Å². The quantitative estimate of drug-likeness (QED) is 0.552. The summed E-state index contributed by atoms with van der Waals surface area (Å²) in [5.74, 6) is -0.706. The second-order valence-electron chi connectivity index (χ2n) is 5.13. The molecule has 2 aromatic rings. The van der Waals surface area contributed by atoms with E-state index in [0.29, 0.717) is 15.6 Å². The van der Waals surface area contributed by atoms with E-state index in [1.807, 2.05) is 6.07 Å². The van der Waals surface area contributed by atoms with E-state index in [1.54, 1.807) is 24.3 Å². The first kappa shape index (κ1) is 19.9. The molecule has 2 rings (SSSR count). The Balaban J connectivity index is 2.19. The molecular formula is C17H15ClN2O5S. The number of benzene rings is 2. The highest BCUT2D eigenvalue weighted by Gasteiger charge is 2.25. The van der Waals surface area contributed by atoms with Gasteiger partial charge in [0.1, 0.15) is 11.5 Å². The maximum Gasteiger partial charge on any atom is 0.338 e. The maximum atomic E-state index is 12.3. The van der Waals surface area contributed by atoms with Crippen molar-refractivity contribution in [3.05, 3.63) is 64.2 Å². The minimum absolute atomic E-state index is 0.0206. The fourth-order valence-corrected chi connectivity index (χ4v) is 3.45. The zero-order valence-corrected chi connectivity index (χ0v) is 15.5. The average molecular weight is 395 g/mol. The van der Waals surface area contributed by atoms with Crippen LogP contribution in [0.1, 0.15) is 21.5 Å². The summed E-state index contributed by atoms with van der Waals surface area (Å²) in [6.07, 6.45) is 0. The number of hydroxylamine groups is 1. The lowest BCUT2D eigenvalue weighted by Crippen LogP contribution is -2.26. The van der Waals surface area contributed by atoms with Crippen molar-refractivity contribution < 1.29 is 22.8 Å². The van der Waals surface area contributed by atoms with Crippen molar-refractivity contribution in [1.82, 2.24) is 4.47 Å². The van der Waals surface area contributed by atoms with Gasteiger partial charge in [-0.25, -0.2) is 13.2 Å². The van der Waals surface area contributed by atoms with Crippen LogP contribution in [-0.2, 0) is 26.2 Å². The van der Waals surface area contributed by atoms with Gasteiger partial charge >= 0.3 is 5.97 Å². The summed E-state index contributed by atoms with van der Waals surface area (Å²) >= 11 is 5.95. The van der Waals surface area contributed by atoms with E-state index < -0.39 is 16.0 Å². The van der Waals surface area contributed by atoms with Crippen molar-refractivity contribution in [2.75, 3.05) is 14.2 Å². The summed E-state index contributed by atoms with van der Waals surface area (Å²) in [6, 6.07) is 12.3. The van der Waals surface area contributed by atoms with Gasteiger partial charge < -0.3 is 4.74 Å². The van der Waals surface area contributed by atoms with Crippen LogP contribution in [0.5, 0.6) is 0 Å². The summed E-state index contributed by atoms with van der Waals surface area (Å²) in [6.45, 7) is -0.0206. The largest absolute Gasteiger partial charge is 0.457 e. The van der Waals surface area contributed by atoms with Gasteiger partial charge in [-0.1, -0.05) is 28.2 Å². The van der Waals surface area contributed by atoms with Gasteiger partial charge in [-0.2, -0.15) is 5.26 Å². The number of hydrogen-bond acceptors (Lipinski definition) is 6. The summed E-state index contributed by atoms with van der Waals surface area (Å²) in [7, 11) is -1.60. The molecule has 0 aliphatic heterocycles. The molecule has 0 amide bonds. The van der Waals surface area contributed by atoms with Crippen molar-refractivity contribution in [2.45, 2.75) is 11.5 Å². The van der Waals surface area contributed by atoms with Crippen molar-refractivity contribution in [2.24, 2.45) is 0 Å². The molecular weight excluding hydrogens is 380 g/mol. The second kappa shape index (κ2) is 8.29. The molecule has 0 spiro atoms. The van der Waals surface area contributed by atoms with Gasteiger partial charge in [-0.3, -0.25) is 4.84 Å². The summed E-state index contributed by atoms with van der Waals surface area (Å²) in [5.41, 5.74) is 1.22. The predicted octanol–water partition coefficient (Wildman–Crippen LogP) is 2.75. The third-order valence-corrected chi connectivity index (χ3v) is 5.65. The fraction of sp³-hybridized carbons (Fsp3) is 0.176. The summed E-state index contributed by atoms with van der Waals surface area (Å²) in [4.78, 5) is 16.6. The summed E-state index contributed by atoms with van der Waals surface area (Å²) < 4.78 is 30.5. The molecule has 0 saturated carbocycles. The minimum Gasteiger partial charge on any atom is -0.457 e. The number of hydrogen-bond donors (Lipinski definition) is 0. The highest BCUT2D eigenvalue weighted by Crippen LogP contribution is 2.25. The van der Waals surface area contributed by atoms with Gasteiger partial charge in [0.15, 0.2) is 0 Å². The molecule has 0 aliphatic carbocycles. The zero-order valence-electron chi connectivity index (χ0n) is 14.0. The van der Waals surface area contributed by atoms with Gasteiger partial charge in [-0.05, 0) is 35.9 Å². The van der Waals surface area contributed by atoms with Gasteiger partial charge in [0, 0.05) is 7.05 Å². The Labute approximate surface area is 156 Å². The van der Waals surface area contributed by atoms with E-state index in [1.165, 1.54) is 26.3 Å². The molecule has 0 aromatic heterocycles. The SMILES string of the molecule is CON(C)S(=O)(=O)c1cc(C(=O)OCc2ccc(C#N)cc2)ccc1Cl. The lowest BCUT2D eigenvalue weighted by molar-refractivity contribution is -0.0258. The number of carbonyl (C=O) groups is 1. The minimum atomic E-state index is -4.01. The smallest absolute Gasteiger partial charge is 0.338 e. The maximum absolute atomic E-state index is 12.3. The monoisotopic (exact) mass is 394 g/mol. The highest BCUT2D eigenvalue weighted by atomic mass is 35.5. The Morgan fingerprint density at radius 2 is 1.88 bits per heavy atom. The number of ether oxygens (including phenoxy) is 1. The number of carbonyl (C=O) groups excluding carboxylic acids is 1. The van der Waals surface area contributed by atoms with E-state index in [-0.39, 0.29) is 22.1 Å². The zero-order chi connectivity index (χ0) is 19.3. The number of halogens is 1. The molecule has 7 nitrogen and oxygen atoms in total. The fourth-order valence-electron chi connectivity index (χ4n) is 1.97. The molecule has 9 heteroatoms. The molecule has 0 saturated heterocycles. The van der Waals surface area contributed by atoms with E-state index >= 15 is 0 Å². The molecule has 0 radical (unpaired) electrons. The van der Waals surface area contributed by atoms with Crippen LogP contribution in [0.2, 0.25) is 5.02 Å². The van der Waals surface area contributed by atoms with Crippen LogP contribution < -0.4 is 0 Å². The lowest BCUT2D eigenvalue weighted by atomic mass is 10.1. The van der Waals surface area contributed by atoms with E-state index in [9.17, 15) is 13.2 Å². The van der Waals surface area contributed by atoms with Gasteiger partial charge in [-0.15, -0.1) is 0 Å². The predicted molar refractivity (Wildman–Crippen MR) is 93.7 cm³/mol. The molecule has 0 atom stereocenters. The number of rotatable bonds is 6. The molecule has 0 N–H and O–H groups in total. The van der Waals surface area contributed by atoms with Crippen molar-refractivity contribution >= 4 is 27.6 Å². The first-order valence-corrected chi connectivity index (χ1v) is 9.10. The van der Waals surface area contributed by atoms with E-state index in [4.69, 9.17) is 26.4 Å². The number of nitriles is 1. The third kappa shape index (κ3) is 4.39.